The standard InChI is InChI=1S/C14H21NO3/c1-10(15)11-6-5-7-12(8-11)18-9-14(2,3)13(16)17-4/h5-8,10H,9,15H2,1-4H3/t10-/m1/s1. The van der Waals surface area contributed by atoms with Gasteiger partial charge >= 0.3 is 5.97 Å². The fourth-order valence-corrected chi connectivity index (χ4v) is 1.49. The van der Waals surface area contributed by atoms with E-state index in [2.05, 4.69) is 0 Å². The molecule has 0 radical (unpaired) electrons. The first-order valence-electron chi connectivity index (χ1n) is 5.93. The van der Waals surface area contributed by atoms with Crippen LogP contribution in [0.5, 0.6) is 5.75 Å². The average Bonchev–Trinajstić information content (AvgIpc) is 2.35. The molecule has 0 aliphatic carbocycles. The van der Waals surface area contributed by atoms with Crippen molar-refractivity contribution in [1.82, 2.24) is 0 Å². The van der Waals surface area contributed by atoms with E-state index in [1.54, 1.807) is 13.8 Å². The van der Waals surface area contributed by atoms with Gasteiger partial charge in [-0.15, -0.1) is 0 Å². The zero-order valence-electron chi connectivity index (χ0n) is 11.4. The summed E-state index contributed by atoms with van der Waals surface area (Å²) in [6, 6.07) is 7.53. The summed E-state index contributed by atoms with van der Waals surface area (Å²) in [6.07, 6.45) is 0. The Morgan fingerprint density at radius 2 is 2.11 bits per heavy atom. The second-order valence-electron chi connectivity index (χ2n) is 5.03. The largest absolute Gasteiger partial charge is 0.492 e. The van der Waals surface area contributed by atoms with Crippen LogP contribution in [-0.2, 0) is 9.53 Å². The smallest absolute Gasteiger partial charge is 0.314 e. The van der Waals surface area contributed by atoms with Gasteiger partial charge in [-0.3, -0.25) is 4.79 Å². The van der Waals surface area contributed by atoms with Crippen LogP contribution in [0.1, 0.15) is 32.4 Å². The van der Waals surface area contributed by atoms with Gasteiger partial charge in [0.05, 0.1) is 12.5 Å². The van der Waals surface area contributed by atoms with Crippen LogP contribution in [0.15, 0.2) is 24.3 Å². The van der Waals surface area contributed by atoms with Crippen molar-refractivity contribution in [3.8, 4) is 5.75 Å². The summed E-state index contributed by atoms with van der Waals surface area (Å²) in [4.78, 5) is 11.5. The molecule has 4 heteroatoms. The normalized spacial score (nSPS) is 12.9. The Morgan fingerprint density at radius 1 is 1.44 bits per heavy atom. The number of nitrogens with two attached hydrogens (primary N) is 1. The number of ether oxygens (including phenoxy) is 2. The van der Waals surface area contributed by atoms with Crippen LogP contribution < -0.4 is 10.5 Å². The first-order valence-corrected chi connectivity index (χ1v) is 5.93. The van der Waals surface area contributed by atoms with Crippen molar-refractivity contribution in [1.29, 1.82) is 0 Å². The number of hydrogen-bond acceptors (Lipinski definition) is 4. The van der Waals surface area contributed by atoms with E-state index >= 15 is 0 Å². The number of esters is 1. The number of carbonyl (C=O) groups is 1. The predicted molar refractivity (Wildman–Crippen MR) is 70.3 cm³/mol. The summed E-state index contributed by atoms with van der Waals surface area (Å²) in [5.74, 6) is 0.424. The van der Waals surface area contributed by atoms with Crippen molar-refractivity contribution in [2.75, 3.05) is 13.7 Å². The molecule has 1 aromatic rings. The summed E-state index contributed by atoms with van der Waals surface area (Å²) in [5, 5.41) is 0. The third-order valence-electron chi connectivity index (χ3n) is 2.72. The van der Waals surface area contributed by atoms with E-state index in [4.69, 9.17) is 15.2 Å². The van der Waals surface area contributed by atoms with E-state index < -0.39 is 5.41 Å². The van der Waals surface area contributed by atoms with Crippen LogP contribution in [0, 0.1) is 5.41 Å². The summed E-state index contributed by atoms with van der Waals surface area (Å²) in [7, 11) is 1.38. The first-order chi connectivity index (χ1) is 8.36. The van der Waals surface area contributed by atoms with Gasteiger partial charge in [0.2, 0.25) is 0 Å². The molecule has 0 fully saturated rings. The van der Waals surface area contributed by atoms with E-state index in [9.17, 15) is 4.79 Å². The van der Waals surface area contributed by atoms with Crippen molar-refractivity contribution in [2.24, 2.45) is 11.1 Å². The van der Waals surface area contributed by atoms with Crippen molar-refractivity contribution < 1.29 is 14.3 Å². The lowest BCUT2D eigenvalue weighted by molar-refractivity contribution is -0.152. The van der Waals surface area contributed by atoms with Gasteiger partial charge in [-0.25, -0.2) is 0 Å². The third kappa shape index (κ3) is 3.74. The fourth-order valence-electron chi connectivity index (χ4n) is 1.49. The molecule has 1 aromatic carbocycles. The molecule has 0 saturated heterocycles. The topological polar surface area (TPSA) is 61.5 Å². The summed E-state index contributed by atoms with van der Waals surface area (Å²) >= 11 is 0. The first kappa shape index (κ1) is 14.5. The molecule has 4 nitrogen and oxygen atoms in total. The van der Waals surface area contributed by atoms with Gasteiger partial charge in [-0.2, -0.15) is 0 Å². The van der Waals surface area contributed by atoms with Crippen molar-refractivity contribution >= 4 is 5.97 Å². The Hall–Kier alpha value is -1.55. The Labute approximate surface area is 108 Å². The second kappa shape index (κ2) is 5.87. The minimum absolute atomic E-state index is 0.0397. The maximum atomic E-state index is 11.5. The summed E-state index contributed by atoms with van der Waals surface area (Å²) in [5.41, 5.74) is 6.14. The summed E-state index contributed by atoms with van der Waals surface area (Å²) < 4.78 is 10.4. The molecule has 1 rings (SSSR count). The van der Waals surface area contributed by atoms with Crippen LogP contribution in [0.2, 0.25) is 0 Å². The highest BCUT2D eigenvalue weighted by molar-refractivity contribution is 5.75. The minimum atomic E-state index is -0.668. The molecular weight excluding hydrogens is 230 g/mol. The molecular formula is C14H21NO3. The van der Waals surface area contributed by atoms with Crippen LogP contribution in [0.25, 0.3) is 0 Å². The van der Waals surface area contributed by atoms with Crippen LogP contribution in [-0.4, -0.2) is 19.7 Å². The van der Waals surface area contributed by atoms with Crippen molar-refractivity contribution in [2.45, 2.75) is 26.8 Å². The van der Waals surface area contributed by atoms with Crippen LogP contribution in [0.3, 0.4) is 0 Å². The molecule has 0 saturated carbocycles. The molecule has 0 amide bonds. The number of hydrogen-bond donors (Lipinski definition) is 1. The number of rotatable bonds is 5. The highest BCUT2D eigenvalue weighted by atomic mass is 16.5. The van der Waals surface area contributed by atoms with E-state index in [0.29, 0.717) is 5.75 Å². The Balaban J connectivity index is 2.69. The minimum Gasteiger partial charge on any atom is -0.492 e. The van der Waals surface area contributed by atoms with Gasteiger partial charge in [0.15, 0.2) is 0 Å². The van der Waals surface area contributed by atoms with Gasteiger partial charge in [0.25, 0.3) is 0 Å². The lowest BCUT2D eigenvalue weighted by atomic mass is 9.95. The van der Waals surface area contributed by atoms with Gasteiger partial charge in [0, 0.05) is 6.04 Å². The second-order valence-corrected chi connectivity index (χ2v) is 5.03. The van der Waals surface area contributed by atoms with Gasteiger partial charge in [-0.1, -0.05) is 12.1 Å². The molecule has 0 unspecified atom stereocenters. The number of methoxy groups -OCH3 is 1. The molecule has 1 atom stereocenters. The lowest BCUT2D eigenvalue weighted by Gasteiger charge is -2.22. The molecule has 0 heterocycles. The van der Waals surface area contributed by atoms with Crippen molar-refractivity contribution in [3.05, 3.63) is 29.8 Å². The summed E-state index contributed by atoms with van der Waals surface area (Å²) in [6.45, 7) is 5.75. The Morgan fingerprint density at radius 3 is 2.67 bits per heavy atom. The van der Waals surface area contributed by atoms with E-state index in [-0.39, 0.29) is 18.6 Å². The van der Waals surface area contributed by atoms with Crippen LogP contribution >= 0.6 is 0 Å². The predicted octanol–water partition coefficient (Wildman–Crippen LogP) is 2.28. The van der Waals surface area contributed by atoms with Gasteiger partial charge < -0.3 is 15.2 Å². The molecule has 0 aromatic heterocycles. The monoisotopic (exact) mass is 251 g/mol. The fraction of sp³-hybridized carbons (Fsp3) is 0.500. The maximum Gasteiger partial charge on any atom is 0.314 e. The molecule has 0 aliphatic heterocycles. The SMILES string of the molecule is COC(=O)C(C)(C)COc1cccc([C@@H](C)N)c1. The third-order valence-corrected chi connectivity index (χ3v) is 2.72. The number of benzene rings is 1. The quantitative estimate of drug-likeness (QED) is 0.816. The molecule has 2 N–H and O–H groups in total. The highest BCUT2D eigenvalue weighted by Gasteiger charge is 2.29. The van der Waals surface area contributed by atoms with E-state index in [1.165, 1.54) is 7.11 Å². The molecule has 0 aliphatic rings. The van der Waals surface area contributed by atoms with Crippen molar-refractivity contribution in [3.63, 3.8) is 0 Å². The zero-order valence-corrected chi connectivity index (χ0v) is 11.4. The Kier molecular flexibility index (Phi) is 4.73. The zero-order chi connectivity index (χ0) is 13.8. The van der Waals surface area contributed by atoms with E-state index in [0.717, 1.165) is 5.56 Å². The number of carbonyl (C=O) groups excluding carboxylic acids is 1. The van der Waals surface area contributed by atoms with Gasteiger partial charge in [0.1, 0.15) is 12.4 Å². The molecule has 100 valence electrons. The average molecular weight is 251 g/mol. The lowest BCUT2D eigenvalue weighted by Crippen LogP contribution is -2.32. The Bertz CT molecular complexity index is 413. The van der Waals surface area contributed by atoms with E-state index in [1.807, 2.05) is 31.2 Å². The maximum absolute atomic E-state index is 11.5. The highest BCUT2D eigenvalue weighted by Crippen LogP contribution is 2.22. The molecule has 0 spiro atoms. The molecule has 0 bridgehead atoms. The molecule has 18 heavy (non-hydrogen) atoms. The van der Waals surface area contributed by atoms with Crippen LogP contribution in [0.4, 0.5) is 0 Å². The van der Waals surface area contributed by atoms with Gasteiger partial charge in [-0.05, 0) is 38.5 Å².